The average Bonchev–Trinajstić information content (AvgIpc) is 3.89. The molecule has 17 heteroatoms. The van der Waals surface area contributed by atoms with Gasteiger partial charge in [-0.1, -0.05) is 0 Å². The molecule has 48 heavy (non-hydrogen) atoms. The lowest BCUT2D eigenvalue weighted by Gasteiger charge is -2.33. The number of morpholine rings is 1. The van der Waals surface area contributed by atoms with Gasteiger partial charge in [0, 0.05) is 57.7 Å². The highest BCUT2D eigenvalue weighted by atomic mass is 19.3. The smallest absolute Gasteiger partial charge is 0.328 e. The number of hydrogen-bond acceptors (Lipinski definition) is 10. The molecule has 15 nitrogen and oxygen atoms in total. The molecule has 8 heterocycles. The number of halogens is 2. The zero-order valence-electron chi connectivity index (χ0n) is 25.8. The van der Waals surface area contributed by atoms with Crippen molar-refractivity contribution in [2.24, 2.45) is 0 Å². The quantitative estimate of drug-likeness (QED) is 0.288. The minimum absolute atomic E-state index is 0.0540. The molecule has 2 bridgehead atoms. The van der Waals surface area contributed by atoms with E-state index in [0.717, 1.165) is 18.5 Å². The van der Waals surface area contributed by atoms with E-state index in [2.05, 4.69) is 35.6 Å². The van der Waals surface area contributed by atoms with Crippen LogP contribution in [0.1, 0.15) is 59.8 Å². The number of carbonyl (C=O) groups excluding carboxylic acids is 3. The van der Waals surface area contributed by atoms with Crippen LogP contribution in [0, 0.1) is 0 Å². The molecule has 0 saturated carbocycles. The number of nitrogens with zero attached hydrogens (tertiary/aromatic N) is 9. The maximum atomic E-state index is 14.2. The Kier molecular flexibility index (Phi) is 7.71. The molecule has 0 unspecified atom stereocenters. The van der Waals surface area contributed by atoms with Crippen molar-refractivity contribution in [3.63, 3.8) is 0 Å². The van der Waals surface area contributed by atoms with Crippen molar-refractivity contribution in [3.8, 4) is 0 Å². The van der Waals surface area contributed by atoms with Gasteiger partial charge in [-0.25, -0.2) is 23.1 Å². The zero-order chi connectivity index (χ0) is 32.9. The van der Waals surface area contributed by atoms with Gasteiger partial charge in [-0.15, -0.1) is 0 Å². The van der Waals surface area contributed by atoms with Crippen LogP contribution in [0.5, 0.6) is 0 Å². The molecule has 0 radical (unpaired) electrons. The Morgan fingerprint density at radius 3 is 2.73 bits per heavy atom. The number of carbonyl (C=O) groups is 3. The van der Waals surface area contributed by atoms with Crippen LogP contribution in [0.2, 0.25) is 0 Å². The number of hydrogen-bond donors (Lipinski definition) is 2. The fraction of sp³-hybridized carbons (Fsp3) is 0.452. The van der Waals surface area contributed by atoms with Gasteiger partial charge >= 0.3 is 6.03 Å². The van der Waals surface area contributed by atoms with Crippen molar-refractivity contribution in [3.05, 3.63) is 59.9 Å². The minimum Gasteiger partial charge on any atom is -0.374 e. The van der Waals surface area contributed by atoms with Crippen molar-refractivity contribution < 1.29 is 27.9 Å². The molecule has 8 rings (SSSR count). The van der Waals surface area contributed by atoms with Gasteiger partial charge in [0.2, 0.25) is 5.91 Å². The summed E-state index contributed by atoms with van der Waals surface area (Å²) in [7, 11) is 0. The molecule has 0 spiro atoms. The Hall–Kier alpha value is -5.03. The van der Waals surface area contributed by atoms with E-state index < -0.39 is 24.1 Å². The number of urea groups is 1. The van der Waals surface area contributed by atoms with E-state index in [1.807, 2.05) is 12.1 Å². The molecule has 250 valence electrons. The van der Waals surface area contributed by atoms with Crippen molar-refractivity contribution in [2.75, 3.05) is 47.9 Å². The standard InChI is InChI=1S/C31H33F2N11O4/c32-28(33)27-23(36-30(46)22-12-35-43-10-4-25(37-29(22)43)42-15-21-11-20(42)17-48-21)16-44(39-27)19-2-7-40(8-3-19)14-18-1-6-34-13-24(18)41-9-5-26(45)38-31(41)47/h1,4,6,10,12-13,16,19-21,28H,2-3,5,7-9,11,14-15,17H2,(H,36,46)(H,38,45,47)/t20-,21-/m1/s1. The Balaban J connectivity index is 0.944. The highest BCUT2D eigenvalue weighted by Gasteiger charge is 2.40. The molecule has 4 aliphatic rings. The van der Waals surface area contributed by atoms with Crippen LogP contribution < -0.4 is 20.4 Å². The number of fused-ring (bicyclic) bond motifs is 3. The van der Waals surface area contributed by atoms with E-state index in [1.54, 1.807) is 18.6 Å². The third-order valence-corrected chi connectivity index (χ3v) is 9.57. The number of amides is 4. The fourth-order valence-corrected chi connectivity index (χ4v) is 7.07. The first kappa shape index (κ1) is 30.3. The predicted octanol–water partition coefficient (Wildman–Crippen LogP) is 2.77. The summed E-state index contributed by atoms with van der Waals surface area (Å²) in [5, 5.41) is 13.4. The molecule has 4 aliphatic heterocycles. The first-order chi connectivity index (χ1) is 23.3. The molecule has 4 amide bonds. The van der Waals surface area contributed by atoms with E-state index >= 15 is 0 Å². The number of imide groups is 1. The summed E-state index contributed by atoms with van der Waals surface area (Å²) in [5.74, 6) is -0.187. The summed E-state index contributed by atoms with van der Waals surface area (Å²) in [6, 6.07) is 3.32. The number of piperidine rings is 1. The maximum Gasteiger partial charge on any atom is 0.328 e. The molecule has 0 aliphatic carbocycles. The molecule has 4 fully saturated rings. The Morgan fingerprint density at radius 1 is 1.12 bits per heavy atom. The van der Waals surface area contributed by atoms with Crippen LogP contribution in [0.4, 0.5) is 30.8 Å². The summed E-state index contributed by atoms with van der Waals surface area (Å²) >= 11 is 0. The van der Waals surface area contributed by atoms with Crippen molar-refractivity contribution in [1.82, 2.24) is 39.6 Å². The van der Waals surface area contributed by atoms with Crippen LogP contribution in [0.3, 0.4) is 0 Å². The third kappa shape index (κ3) is 5.61. The predicted molar refractivity (Wildman–Crippen MR) is 167 cm³/mol. The van der Waals surface area contributed by atoms with Crippen LogP contribution in [0.15, 0.2) is 43.1 Å². The summed E-state index contributed by atoms with van der Waals surface area (Å²) in [6.45, 7) is 3.50. The molecular weight excluding hydrogens is 628 g/mol. The highest BCUT2D eigenvalue weighted by molar-refractivity contribution is 6.08. The Bertz CT molecular complexity index is 1890. The number of aromatic nitrogens is 6. The monoisotopic (exact) mass is 661 g/mol. The largest absolute Gasteiger partial charge is 0.374 e. The lowest BCUT2D eigenvalue weighted by atomic mass is 10.0. The minimum atomic E-state index is -2.89. The van der Waals surface area contributed by atoms with Crippen LogP contribution in [-0.4, -0.2) is 97.0 Å². The SMILES string of the molecule is O=C1CCN(c2cnccc2CN2CCC(n3cc(NC(=O)c4cnn5ccc(N6C[C@H]7C[C@@H]6CO7)nc45)c(C(F)F)n3)CC2)C(=O)N1. The first-order valence-electron chi connectivity index (χ1n) is 16.0. The van der Waals surface area contributed by atoms with E-state index in [4.69, 9.17) is 9.72 Å². The number of likely N-dealkylation sites (tertiary alicyclic amines) is 1. The maximum absolute atomic E-state index is 14.2. The number of alkyl halides is 2. The van der Waals surface area contributed by atoms with Crippen molar-refractivity contribution in [1.29, 1.82) is 0 Å². The van der Waals surface area contributed by atoms with E-state index in [1.165, 1.54) is 26.5 Å². The Morgan fingerprint density at radius 2 is 1.98 bits per heavy atom. The second-order valence-corrected chi connectivity index (χ2v) is 12.5. The Labute approximate surface area is 272 Å². The van der Waals surface area contributed by atoms with Crippen LogP contribution in [-0.2, 0) is 16.1 Å². The third-order valence-electron chi connectivity index (χ3n) is 9.57. The lowest BCUT2D eigenvalue weighted by Crippen LogP contribution is -2.50. The highest BCUT2D eigenvalue weighted by Crippen LogP contribution is 2.33. The molecule has 4 aromatic rings. The summed E-state index contributed by atoms with van der Waals surface area (Å²) < 4.78 is 37.0. The van der Waals surface area contributed by atoms with E-state index in [-0.39, 0.29) is 48.3 Å². The molecule has 4 saturated heterocycles. The lowest BCUT2D eigenvalue weighted by molar-refractivity contribution is -0.120. The van der Waals surface area contributed by atoms with E-state index in [9.17, 15) is 23.2 Å². The molecule has 4 aromatic heterocycles. The normalized spacial score (nSPS) is 21.9. The van der Waals surface area contributed by atoms with Gasteiger partial charge < -0.3 is 15.0 Å². The van der Waals surface area contributed by atoms with Crippen LogP contribution in [0.25, 0.3) is 5.65 Å². The summed E-state index contributed by atoms with van der Waals surface area (Å²) in [6.07, 6.45) is 7.59. The summed E-state index contributed by atoms with van der Waals surface area (Å²) in [4.78, 5) is 52.3. The van der Waals surface area contributed by atoms with Gasteiger partial charge in [-0.05, 0) is 37.0 Å². The van der Waals surface area contributed by atoms with E-state index in [0.29, 0.717) is 56.2 Å². The zero-order valence-corrected chi connectivity index (χ0v) is 25.8. The molecule has 0 aromatic carbocycles. The fourth-order valence-electron chi connectivity index (χ4n) is 7.07. The topological polar surface area (TPSA) is 155 Å². The number of pyridine rings is 1. The molecular formula is C31H33F2N11O4. The van der Waals surface area contributed by atoms with Crippen LogP contribution >= 0.6 is 0 Å². The van der Waals surface area contributed by atoms with Gasteiger partial charge in [-0.3, -0.25) is 34.4 Å². The van der Waals surface area contributed by atoms with Gasteiger partial charge in [0.25, 0.3) is 12.3 Å². The average molecular weight is 662 g/mol. The second-order valence-electron chi connectivity index (χ2n) is 12.5. The first-order valence-corrected chi connectivity index (χ1v) is 16.0. The van der Waals surface area contributed by atoms with Crippen molar-refractivity contribution >= 4 is 40.7 Å². The number of nitrogens with one attached hydrogen (secondary N) is 2. The number of ether oxygens (including phenoxy) is 1. The van der Waals surface area contributed by atoms with Gasteiger partial charge in [0.1, 0.15) is 11.4 Å². The van der Waals surface area contributed by atoms with Crippen molar-refractivity contribution in [2.45, 2.75) is 56.8 Å². The van der Waals surface area contributed by atoms with Gasteiger partial charge in [0.15, 0.2) is 11.3 Å². The van der Waals surface area contributed by atoms with Gasteiger partial charge in [-0.2, -0.15) is 10.2 Å². The molecule has 2 atom stereocenters. The second kappa shape index (κ2) is 12.2. The number of rotatable bonds is 8. The summed E-state index contributed by atoms with van der Waals surface area (Å²) in [5.41, 5.74) is 1.49. The molecule has 2 N–H and O–H groups in total. The van der Waals surface area contributed by atoms with Gasteiger partial charge in [0.05, 0.1) is 48.6 Å². The number of anilines is 3.